The molecule has 4 atom stereocenters. The molecule has 0 aromatic heterocycles. The molecule has 0 aliphatic rings. The van der Waals surface area contributed by atoms with Gasteiger partial charge in [0.05, 0.1) is 0 Å². The Hall–Kier alpha value is 0.928. The molecule has 0 aromatic rings. The molecule has 0 spiro atoms. The molecule has 170 valence electrons. The molecule has 0 aromatic carbocycles. The van der Waals surface area contributed by atoms with Crippen molar-refractivity contribution in [2.24, 2.45) is 0 Å². The molecule has 8 nitrogen and oxygen atoms in total. The van der Waals surface area contributed by atoms with E-state index >= 15 is 0 Å². The van der Waals surface area contributed by atoms with Gasteiger partial charge in [-0.05, 0) is 25.7 Å². The van der Waals surface area contributed by atoms with Gasteiger partial charge in [0.15, 0.2) is 0 Å². The van der Waals surface area contributed by atoms with Gasteiger partial charge in [-0.3, -0.25) is 0 Å². The summed E-state index contributed by atoms with van der Waals surface area (Å²) in [6.07, 6.45) is 8.48. The largest absolute Gasteiger partial charge is 4.00 e. The summed E-state index contributed by atoms with van der Waals surface area (Å²) in [5, 5.41) is 0. The molecule has 0 N–H and O–H groups in total. The van der Waals surface area contributed by atoms with E-state index in [1.807, 2.05) is 27.7 Å². The van der Waals surface area contributed by atoms with Crippen LogP contribution in [0.2, 0.25) is 0 Å². The van der Waals surface area contributed by atoms with E-state index in [4.69, 9.17) is 0 Å². The third kappa shape index (κ3) is 73.2. The maximum atomic E-state index is 9.80. The van der Waals surface area contributed by atoms with E-state index in [1.165, 1.54) is 0 Å². The summed E-state index contributed by atoms with van der Waals surface area (Å²) in [6.45, 7) is 7.88. The zero-order chi connectivity index (χ0) is 22.8. The van der Waals surface area contributed by atoms with Crippen molar-refractivity contribution in [2.75, 3.05) is 24.6 Å². The van der Waals surface area contributed by atoms with Crippen molar-refractivity contribution < 1.29 is 58.9 Å². The maximum Gasteiger partial charge on any atom is 4.00 e. The Kier molecular flexibility index (Phi) is 50.5. The molecule has 0 amide bonds. The van der Waals surface area contributed by atoms with Gasteiger partial charge in [0.1, 0.15) is 24.6 Å². The standard InChI is InChI=1S/4C4H9O2P.Mo/c4*1-2-3-4-7(5)6;/h4*2-4H2,1H3;/q;;;;+4. The van der Waals surface area contributed by atoms with Gasteiger partial charge in [0, 0.05) is 0 Å². The maximum absolute atomic E-state index is 9.80. The fraction of sp³-hybridized carbons (Fsp3) is 1.00. The summed E-state index contributed by atoms with van der Waals surface area (Å²) >= 11 is 0. The molecule has 0 aliphatic heterocycles. The molecule has 0 fully saturated rings. The van der Waals surface area contributed by atoms with E-state index in [9.17, 15) is 37.8 Å². The molecular weight excluding hydrogens is 540 g/mol. The molecule has 0 bridgehead atoms. The number of rotatable bonds is 12. The Balaban J connectivity index is -0.0000000873. The van der Waals surface area contributed by atoms with Crippen molar-refractivity contribution in [2.45, 2.75) is 79.1 Å². The van der Waals surface area contributed by atoms with Gasteiger partial charge in [-0.1, -0.05) is 71.6 Å². The normalized spacial score (nSPS) is 11.0. The quantitative estimate of drug-likeness (QED) is 0.252. The molecule has 4 unspecified atom stereocenters. The van der Waals surface area contributed by atoms with E-state index in [0.717, 1.165) is 51.4 Å². The van der Waals surface area contributed by atoms with E-state index in [2.05, 4.69) is 0 Å². The smallest absolute Gasteiger partial charge is 0.596 e. The topological polar surface area (TPSA) is 161 Å². The number of hydrogen-bond donors (Lipinski definition) is 0. The summed E-state index contributed by atoms with van der Waals surface area (Å²) in [6, 6.07) is 0. The molecule has 13 heteroatoms. The third-order valence-electron chi connectivity index (χ3n) is 2.78. The number of unbranched alkanes of at least 4 members (excludes halogenated alkanes) is 4. The van der Waals surface area contributed by atoms with Gasteiger partial charge in [-0.2, -0.15) is 0 Å². The van der Waals surface area contributed by atoms with Gasteiger partial charge < -0.3 is 19.6 Å². The van der Waals surface area contributed by atoms with Gasteiger partial charge in [-0.15, -0.1) is 0 Å². The Labute approximate surface area is 194 Å². The monoisotopic (exact) mass is 578 g/mol. The first-order valence-corrected chi connectivity index (χ1v) is 15.0. The molecule has 0 heterocycles. The van der Waals surface area contributed by atoms with E-state index in [0.29, 0.717) is 24.6 Å². The Morgan fingerprint density at radius 2 is 0.586 bits per heavy atom. The second-order valence-electron chi connectivity index (χ2n) is 5.64. The zero-order valence-corrected chi connectivity index (χ0v) is 23.5. The van der Waals surface area contributed by atoms with Crippen molar-refractivity contribution in [3.8, 4) is 0 Å². The van der Waals surface area contributed by atoms with Crippen LogP contribution in [0.5, 0.6) is 0 Å². The van der Waals surface area contributed by atoms with E-state index in [1.54, 1.807) is 0 Å². The third-order valence-corrected chi connectivity index (χ3v) is 5.50. The minimum Gasteiger partial charge on any atom is -0.596 e. The minimum absolute atomic E-state index is 0. The van der Waals surface area contributed by atoms with Crippen molar-refractivity contribution in [1.29, 1.82) is 0 Å². The molecule has 0 radical (unpaired) electrons. The second-order valence-corrected chi connectivity index (χ2v) is 10.1. The van der Waals surface area contributed by atoms with Crippen molar-refractivity contribution in [3.05, 3.63) is 0 Å². The predicted molar refractivity (Wildman–Crippen MR) is 110 cm³/mol. The average Bonchev–Trinajstić information content (AvgIpc) is 2.62. The Morgan fingerprint density at radius 1 is 0.448 bits per heavy atom. The van der Waals surface area contributed by atoms with Crippen LogP contribution in [0, 0.1) is 0 Å². The molecule has 0 saturated heterocycles. The minimum atomic E-state index is -2.11. The van der Waals surface area contributed by atoms with Crippen LogP contribution in [0.15, 0.2) is 0 Å². The van der Waals surface area contributed by atoms with Crippen molar-refractivity contribution in [3.63, 3.8) is 0 Å². The van der Waals surface area contributed by atoms with Crippen LogP contribution in [-0.2, 0) is 39.3 Å². The molecule has 29 heavy (non-hydrogen) atoms. The van der Waals surface area contributed by atoms with E-state index in [-0.39, 0.29) is 21.1 Å². The summed E-state index contributed by atoms with van der Waals surface area (Å²) in [5.74, 6) is 0. The second kappa shape index (κ2) is 36.3. The van der Waals surface area contributed by atoms with Crippen LogP contribution in [0.1, 0.15) is 79.1 Å². The molecular formula is C16H36MoO8P4+4. The summed E-state index contributed by atoms with van der Waals surface area (Å²) in [5.41, 5.74) is 0. The van der Waals surface area contributed by atoms with Crippen LogP contribution in [0.25, 0.3) is 0 Å². The average molecular weight is 576 g/mol. The Morgan fingerprint density at radius 3 is 0.621 bits per heavy atom. The summed E-state index contributed by atoms with van der Waals surface area (Å²) in [7, 11) is -8.43. The first-order chi connectivity index (χ1) is 13.1. The van der Waals surface area contributed by atoms with Crippen LogP contribution < -0.4 is 19.6 Å². The first-order valence-electron chi connectivity index (χ1n) is 9.55. The van der Waals surface area contributed by atoms with Gasteiger partial charge >= 0.3 is 53.2 Å². The summed E-state index contributed by atoms with van der Waals surface area (Å²) < 4.78 is 39.2. The fourth-order valence-electron chi connectivity index (χ4n) is 1.15. The molecule has 0 aliphatic carbocycles. The number of hydrogen-bond acceptors (Lipinski definition) is 8. The van der Waals surface area contributed by atoms with Crippen LogP contribution in [-0.4, -0.2) is 24.6 Å². The SMILES string of the molecule is CCCC[P+](=O)[O-].CCCC[P+](=O)[O-].CCCC[P+](=O)[O-].CCCC[P+](=O)[O-].[Mo+4]. The van der Waals surface area contributed by atoms with Crippen LogP contribution >= 0.6 is 32.1 Å². The van der Waals surface area contributed by atoms with Crippen LogP contribution in [0.3, 0.4) is 0 Å². The Bertz CT molecular complexity index is 329. The van der Waals surface area contributed by atoms with Gasteiger partial charge in [0.2, 0.25) is 0 Å². The molecule has 0 rings (SSSR count). The molecule has 0 saturated carbocycles. The van der Waals surface area contributed by atoms with Crippen LogP contribution in [0.4, 0.5) is 0 Å². The predicted octanol–water partition coefficient (Wildman–Crippen LogP) is 3.55. The van der Waals surface area contributed by atoms with Gasteiger partial charge in [-0.25, -0.2) is 0 Å². The van der Waals surface area contributed by atoms with E-state index < -0.39 is 32.1 Å². The summed E-state index contributed by atoms with van der Waals surface area (Å²) in [4.78, 5) is 39.2. The van der Waals surface area contributed by atoms with Crippen molar-refractivity contribution in [1.82, 2.24) is 0 Å². The zero-order valence-electron chi connectivity index (χ0n) is 17.9. The van der Waals surface area contributed by atoms with Crippen molar-refractivity contribution >= 4 is 32.1 Å². The van der Waals surface area contributed by atoms with Gasteiger partial charge in [0.25, 0.3) is 0 Å². The first kappa shape index (κ1) is 40.3. The fourth-order valence-corrected chi connectivity index (χ4v) is 3.45.